The van der Waals surface area contributed by atoms with Gasteiger partial charge in [-0.05, 0) is 56.5 Å². The van der Waals surface area contributed by atoms with Gasteiger partial charge in [-0.2, -0.15) is 0 Å². The fourth-order valence-corrected chi connectivity index (χ4v) is 2.73. The summed E-state index contributed by atoms with van der Waals surface area (Å²) in [7, 11) is 0. The van der Waals surface area contributed by atoms with Gasteiger partial charge < -0.3 is 14.6 Å². The average molecular weight is 284 g/mol. The molecule has 4 nitrogen and oxygen atoms in total. The highest BCUT2D eigenvalue weighted by molar-refractivity contribution is 6.04. The fraction of sp³-hybridized carbons (Fsp3) is 0.353. The molecule has 2 heterocycles. The van der Waals surface area contributed by atoms with Gasteiger partial charge in [0.05, 0.1) is 11.8 Å². The lowest BCUT2D eigenvalue weighted by Crippen LogP contribution is -2.29. The lowest BCUT2D eigenvalue weighted by molar-refractivity contribution is 0.102. The Morgan fingerprint density at radius 2 is 1.81 bits per heavy atom. The van der Waals surface area contributed by atoms with E-state index in [0.29, 0.717) is 11.3 Å². The van der Waals surface area contributed by atoms with E-state index in [4.69, 9.17) is 4.42 Å². The van der Waals surface area contributed by atoms with Crippen LogP contribution < -0.4 is 10.2 Å². The Kier molecular flexibility index (Phi) is 3.95. The van der Waals surface area contributed by atoms with Gasteiger partial charge in [-0.3, -0.25) is 4.79 Å². The molecule has 1 amide bonds. The highest BCUT2D eigenvalue weighted by Crippen LogP contribution is 2.22. The largest absolute Gasteiger partial charge is 0.469 e. The van der Waals surface area contributed by atoms with Crippen LogP contribution in [-0.4, -0.2) is 19.0 Å². The standard InChI is InChI=1S/C17H20N2O2/c1-13-16(9-12-21-13)17(20)18-14-5-7-15(8-6-14)19-10-3-2-4-11-19/h5-9,12H,2-4,10-11H2,1H3,(H,18,20). The van der Waals surface area contributed by atoms with E-state index in [-0.39, 0.29) is 5.91 Å². The molecule has 0 spiro atoms. The summed E-state index contributed by atoms with van der Waals surface area (Å²) in [5.41, 5.74) is 2.61. The molecular formula is C17H20N2O2. The predicted octanol–water partition coefficient (Wildman–Crippen LogP) is 3.83. The van der Waals surface area contributed by atoms with Crippen molar-refractivity contribution >= 4 is 17.3 Å². The second-order valence-corrected chi connectivity index (χ2v) is 5.44. The minimum atomic E-state index is -0.132. The van der Waals surface area contributed by atoms with Crippen molar-refractivity contribution in [3.63, 3.8) is 0 Å². The third-order valence-corrected chi connectivity index (χ3v) is 3.95. The molecule has 0 saturated carbocycles. The van der Waals surface area contributed by atoms with E-state index >= 15 is 0 Å². The van der Waals surface area contributed by atoms with Crippen molar-refractivity contribution in [1.82, 2.24) is 0 Å². The van der Waals surface area contributed by atoms with Crippen molar-refractivity contribution in [1.29, 1.82) is 0 Å². The van der Waals surface area contributed by atoms with Crippen molar-refractivity contribution in [3.05, 3.63) is 47.9 Å². The number of rotatable bonds is 3. The molecule has 1 aromatic carbocycles. The van der Waals surface area contributed by atoms with E-state index in [0.717, 1.165) is 18.8 Å². The maximum Gasteiger partial charge on any atom is 0.259 e. The van der Waals surface area contributed by atoms with E-state index in [2.05, 4.69) is 22.3 Å². The Labute approximate surface area is 124 Å². The van der Waals surface area contributed by atoms with Gasteiger partial charge in [0, 0.05) is 24.5 Å². The number of carbonyl (C=O) groups excluding carboxylic acids is 1. The summed E-state index contributed by atoms with van der Waals surface area (Å²) in [6.07, 6.45) is 5.38. The fourth-order valence-electron chi connectivity index (χ4n) is 2.73. The summed E-state index contributed by atoms with van der Waals surface area (Å²) >= 11 is 0. The Morgan fingerprint density at radius 1 is 1.10 bits per heavy atom. The number of nitrogens with zero attached hydrogens (tertiary/aromatic N) is 1. The molecule has 1 saturated heterocycles. The Balaban J connectivity index is 1.67. The maximum atomic E-state index is 12.1. The highest BCUT2D eigenvalue weighted by Gasteiger charge is 2.13. The number of furan rings is 1. The molecule has 2 aromatic rings. The molecule has 3 rings (SSSR count). The lowest BCUT2D eigenvalue weighted by Gasteiger charge is -2.28. The summed E-state index contributed by atoms with van der Waals surface area (Å²) in [5, 5.41) is 2.90. The molecule has 0 unspecified atom stereocenters. The van der Waals surface area contributed by atoms with Gasteiger partial charge in [0.25, 0.3) is 5.91 Å². The number of hydrogen-bond acceptors (Lipinski definition) is 3. The predicted molar refractivity (Wildman–Crippen MR) is 83.9 cm³/mol. The second kappa shape index (κ2) is 6.04. The smallest absolute Gasteiger partial charge is 0.259 e. The normalized spacial score (nSPS) is 15.0. The van der Waals surface area contributed by atoms with Crippen molar-refractivity contribution in [3.8, 4) is 0 Å². The first-order chi connectivity index (χ1) is 10.2. The van der Waals surface area contributed by atoms with Crippen molar-refractivity contribution in [2.75, 3.05) is 23.3 Å². The van der Waals surface area contributed by atoms with Crippen LogP contribution in [0.5, 0.6) is 0 Å². The SMILES string of the molecule is Cc1occc1C(=O)Nc1ccc(N2CCCCC2)cc1. The van der Waals surface area contributed by atoms with Gasteiger partial charge in [-0.1, -0.05) is 0 Å². The Morgan fingerprint density at radius 3 is 2.43 bits per heavy atom. The zero-order valence-electron chi connectivity index (χ0n) is 12.3. The molecule has 1 N–H and O–H groups in total. The van der Waals surface area contributed by atoms with Crippen LogP contribution in [0, 0.1) is 6.92 Å². The molecule has 1 aliphatic heterocycles. The summed E-state index contributed by atoms with van der Waals surface area (Å²) < 4.78 is 5.15. The van der Waals surface area contributed by atoms with Crippen LogP contribution in [0.15, 0.2) is 41.0 Å². The summed E-state index contributed by atoms with van der Waals surface area (Å²) in [6, 6.07) is 9.74. The van der Waals surface area contributed by atoms with Crippen LogP contribution in [0.2, 0.25) is 0 Å². The molecule has 110 valence electrons. The van der Waals surface area contributed by atoms with Gasteiger partial charge in [0.1, 0.15) is 5.76 Å². The molecule has 21 heavy (non-hydrogen) atoms. The highest BCUT2D eigenvalue weighted by atomic mass is 16.3. The number of amides is 1. The Bertz CT molecular complexity index is 610. The average Bonchev–Trinajstić information content (AvgIpc) is 2.95. The number of hydrogen-bond donors (Lipinski definition) is 1. The van der Waals surface area contributed by atoms with Crippen LogP contribution in [0.4, 0.5) is 11.4 Å². The van der Waals surface area contributed by atoms with Crippen molar-refractivity contribution in [2.45, 2.75) is 26.2 Å². The molecule has 1 aliphatic rings. The molecule has 0 atom stereocenters. The van der Waals surface area contributed by atoms with E-state index in [1.807, 2.05) is 12.1 Å². The molecular weight excluding hydrogens is 264 g/mol. The molecule has 1 aromatic heterocycles. The van der Waals surface area contributed by atoms with Crippen LogP contribution in [0.3, 0.4) is 0 Å². The second-order valence-electron chi connectivity index (χ2n) is 5.44. The van der Waals surface area contributed by atoms with Crippen molar-refractivity contribution < 1.29 is 9.21 Å². The van der Waals surface area contributed by atoms with Crippen molar-refractivity contribution in [2.24, 2.45) is 0 Å². The van der Waals surface area contributed by atoms with Gasteiger partial charge in [-0.25, -0.2) is 0 Å². The minimum absolute atomic E-state index is 0.132. The number of carbonyl (C=O) groups is 1. The van der Waals surface area contributed by atoms with Crippen LogP contribution >= 0.6 is 0 Å². The van der Waals surface area contributed by atoms with E-state index in [1.54, 1.807) is 13.0 Å². The van der Waals surface area contributed by atoms with Gasteiger partial charge in [0.15, 0.2) is 0 Å². The monoisotopic (exact) mass is 284 g/mol. The third-order valence-electron chi connectivity index (χ3n) is 3.95. The van der Waals surface area contributed by atoms with E-state index in [1.165, 1.54) is 31.2 Å². The minimum Gasteiger partial charge on any atom is -0.469 e. The first kappa shape index (κ1) is 13.7. The van der Waals surface area contributed by atoms with E-state index < -0.39 is 0 Å². The van der Waals surface area contributed by atoms with Crippen LogP contribution in [-0.2, 0) is 0 Å². The molecule has 1 fully saturated rings. The lowest BCUT2D eigenvalue weighted by atomic mass is 10.1. The molecule has 0 radical (unpaired) electrons. The first-order valence-electron chi connectivity index (χ1n) is 7.44. The summed E-state index contributed by atoms with van der Waals surface area (Å²) in [5.74, 6) is 0.504. The number of benzene rings is 1. The van der Waals surface area contributed by atoms with Crippen LogP contribution in [0.25, 0.3) is 0 Å². The molecule has 0 aliphatic carbocycles. The first-order valence-corrected chi connectivity index (χ1v) is 7.44. The van der Waals surface area contributed by atoms with Gasteiger partial charge in [-0.15, -0.1) is 0 Å². The zero-order valence-corrected chi connectivity index (χ0v) is 12.3. The number of piperidine rings is 1. The summed E-state index contributed by atoms with van der Waals surface area (Å²) in [4.78, 5) is 14.5. The Hall–Kier alpha value is -2.23. The van der Waals surface area contributed by atoms with Crippen LogP contribution in [0.1, 0.15) is 35.4 Å². The topological polar surface area (TPSA) is 45.5 Å². The number of anilines is 2. The maximum absolute atomic E-state index is 12.1. The third kappa shape index (κ3) is 3.10. The number of nitrogens with one attached hydrogen (secondary N) is 1. The number of aryl methyl sites for hydroxylation is 1. The summed E-state index contributed by atoms with van der Waals surface area (Å²) in [6.45, 7) is 4.04. The van der Waals surface area contributed by atoms with E-state index in [9.17, 15) is 4.79 Å². The van der Waals surface area contributed by atoms with Gasteiger partial charge >= 0.3 is 0 Å². The quantitative estimate of drug-likeness (QED) is 0.931. The molecule has 4 heteroatoms. The molecule has 0 bridgehead atoms. The zero-order chi connectivity index (χ0) is 14.7. The van der Waals surface area contributed by atoms with Gasteiger partial charge in [0.2, 0.25) is 0 Å².